The van der Waals surface area contributed by atoms with Crippen molar-refractivity contribution in [1.29, 1.82) is 0 Å². The molecular formula is C21H20ClN3O2S2. The number of carbonyl (C=O) groups excluding carboxylic acids is 2. The van der Waals surface area contributed by atoms with Crippen LogP contribution >= 0.6 is 34.3 Å². The van der Waals surface area contributed by atoms with Gasteiger partial charge in [0.25, 0.3) is 5.91 Å². The van der Waals surface area contributed by atoms with E-state index in [-0.39, 0.29) is 17.9 Å². The van der Waals surface area contributed by atoms with Crippen molar-refractivity contribution in [3.8, 4) is 9.88 Å². The number of benzene rings is 1. The predicted molar refractivity (Wildman–Crippen MR) is 118 cm³/mol. The summed E-state index contributed by atoms with van der Waals surface area (Å²) in [6, 6.07) is 13.0. The zero-order valence-electron chi connectivity index (χ0n) is 15.8. The van der Waals surface area contributed by atoms with Crippen LogP contribution in [0, 0.1) is 6.92 Å². The number of rotatable bonds is 7. The molecule has 29 heavy (non-hydrogen) atoms. The first-order valence-corrected chi connectivity index (χ1v) is 11.4. The van der Waals surface area contributed by atoms with Gasteiger partial charge < -0.3 is 10.6 Å². The van der Waals surface area contributed by atoms with E-state index in [0.717, 1.165) is 28.3 Å². The molecule has 150 valence electrons. The Balaban J connectivity index is 1.52. The first-order chi connectivity index (χ1) is 14.0. The van der Waals surface area contributed by atoms with Crippen molar-refractivity contribution < 1.29 is 9.59 Å². The molecule has 1 fully saturated rings. The van der Waals surface area contributed by atoms with E-state index in [4.69, 9.17) is 11.6 Å². The number of carbonyl (C=O) groups is 2. The van der Waals surface area contributed by atoms with Crippen molar-refractivity contribution in [3.63, 3.8) is 0 Å². The molecule has 3 aromatic rings. The minimum Gasteiger partial charge on any atom is -0.352 e. The smallest absolute Gasteiger partial charge is 0.263 e. The molecule has 1 saturated carbocycles. The van der Waals surface area contributed by atoms with Gasteiger partial charge in [-0.25, -0.2) is 4.98 Å². The predicted octanol–water partition coefficient (Wildman–Crippen LogP) is 4.45. The van der Waals surface area contributed by atoms with Crippen LogP contribution in [0.1, 0.15) is 33.8 Å². The van der Waals surface area contributed by atoms with E-state index in [2.05, 4.69) is 15.6 Å². The molecule has 4 rings (SSSR count). The molecular weight excluding hydrogens is 426 g/mol. The third-order valence-corrected chi connectivity index (χ3v) is 7.17. The minimum atomic E-state index is -0.633. The Bertz CT molecular complexity index is 1030. The van der Waals surface area contributed by atoms with Gasteiger partial charge >= 0.3 is 0 Å². The monoisotopic (exact) mass is 445 g/mol. The van der Waals surface area contributed by atoms with E-state index in [0.29, 0.717) is 21.3 Å². The van der Waals surface area contributed by atoms with Crippen LogP contribution in [0.5, 0.6) is 0 Å². The molecule has 0 radical (unpaired) electrons. The van der Waals surface area contributed by atoms with Crippen LogP contribution in [-0.4, -0.2) is 28.9 Å². The lowest BCUT2D eigenvalue weighted by Crippen LogP contribution is -2.48. The van der Waals surface area contributed by atoms with Crippen molar-refractivity contribution in [1.82, 2.24) is 15.6 Å². The van der Waals surface area contributed by atoms with E-state index < -0.39 is 6.04 Å². The van der Waals surface area contributed by atoms with Crippen LogP contribution in [-0.2, 0) is 11.2 Å². The number of nitrogens with zero attached hydrogens (tertiary/aromatic N) is 1. The molecule has 1 aliphatic rings. The van der Waals surface area contributed by atoms with Gasteiger partial charge in [0.1, 0.15) is 15.9 Å². The van der Waals surface area contributed by atoms with Crippen LogP contribution in [0.15, 0.2) is 42.5 Å². The average Bonchev–Trinajstić information content (AvgIpc) is 3.27. The molecule has 1 unspecified atom stereocenters. The topological polar surface area (TPSA) is 71.1 Å². The second-order valence-electron chi connectivity index (χ2n) is 7.04. The first-order valence-electron chi connectivity index (χ1n) is 9.38. The lowest BCUT2D eigenvalue weighted by molar-refractivity contribution is -0.123. The summed E-state index contributed by atoms with van der Waals surface area (Å²) in [6.45, 7) is 1.81. The number of hydrogen-bond donors (Lipinski definition) is 2. The first kappa shape index (κ1) is 20.1. The van der Waals surface area contributed by atoms with Crippen LogP contribution in [0.3, 0.4) is 0 Å². The number of thiophene rings is 1. The zero-order chi connectivity index (χ0) is 20.4. The van der Waals surface area contributed by atoms with Crippen molar-refractivity contribution >= 4 is 46.1 Å². The Kier molecular flexibility index (Phi) is 5.99. The molecule has 0 aliphatic heterocycles. The molecule has 0 saturated heterocycles. The molecule has 0 spiro atoms. The molecule has 8 heteroatoms. The third-order valence-electron chi connectivity index (χ3n) is 4.62. The van der Waals surface area contributed by atoms with Crippen LogP contribution in [0.2, 0.25) is 4.34 Å². The molecule has 2 N–H and O–H groups in total. The van der Waals surface area contributed by atoms with Crippen molar-refractivity contribution in [2.75, 3.05) is 0 Å². The molecule has 5 nitrogen and oxygen atoms in total. The fourth-order valence-corrected chi connectivity index (χ4v) is 5.02. The molecule has 2 amide bonds. The molecule has 1 aromatic carbocycles. The number of halogens is 1. The Labute approximate surface area is 182 Å². The Morgan fingerprint density at radius 2 is 1.93 bits per heavy atom. The van der Waals surface area contributed by atoms with E-state index in [1.165, 1.54) is 22.7 Å². The Hall–Kier alpha value is -2.22. The van der Waals surface area contributed by atoms with E-state index in [1.807, 2.05) is 42.5 Å². The number of aryl methyl sites for hydroxylation is 1. The van der Waals surface area contributed by atoms with Crippen molar-refractivity contribution in [3.05, 3.63) is 62.9 Å². The van der Waals surface area contributed by atoms with Crippen molar-refractivity contribution in [2.24, 2.45) is 0 Å². The minimum absolute atomic E-state index is 0.142. The molecule has 1 atom stereocenters. The van der Waals surface area contributed by atoms with Gasteiger partial charge in [-0.2, -0.15) is 0 Å². The molecule has 2 aromatic heterocycles. The zero-order valence-corrected chi connectivity index (χ0v) is 18.2. The van der Waals surface area contributed by atoms with Gasteiger partial charge in [0.2, 0.25) is 5.91 Å². The number of nitrogens with one attached hydrogen (secondary N) is 2. The van der Waals surface area contributed by atoms with E-state index in [1.54, 1.807) is 6.92 Å². The maximum absolute atomic E-state index is 13.0. The molecule has 0 bridgehead atoms. The fourth-order valence-electron chi connectivity index (χ4n) is 2.95. The molecule has 1 aliphatic carbocycles. The Morgan fingerprint density at radius 1 is 1.17 bits per heavy atom. The summed E-state index contributed by atoms with van der Waals surface area (Å²) in [4.78, 5) is 31.7. The lowest BCUT2D eigenvalue weighted by atomic mass is 10.0. The number of hydrogen-bond acceptors (Lipinski definition) is 5. The second kappa shape index (κ2) is 8.65. The third kappa shape index (κ3) is 5.04. The number of aromatic nitrogens is 1. The van der Waals surface area contributed by atoms with Gasteiger partial charge in [-0.05, 0) is 37.5 Å². The van der Waals surface area contributed by atoms with Gasteiger partial charge in [-0.1, -0.05) is 41.9 Å². The van der Waals surface area contributed by atoms with Gasteiger partial charge in [0.05, 0.1) is 14.9 Å². The van der Waals surface area contributed by atoms with Gasteiger partial charge in [-0.15, -0.1) is 22.7 Å². The largest absolute Gasteiger partial charge is 0.352 e. The van der Waals surface area contributed by atoms with E-state index in [9.17, 15) is 9.59 Å². The fraction of sp³-hybridized carbons (Fsp3) is 0.286. The van der Waals surface area contributed by atoms with Crippen LogP contribution < -0.4 is 10.6 Å². The summed E-state index contributed by atoms with van der Waals surface area (Å²) >= 11 is 8.76. The quantitative estimate of drug-likeness (QED) is 0.564. The summed E-state index contributed by atoms with van der Waals surface area (Å²) in [5, 5.41) is 6.68. The summed E-state index contributed by atoms with van der Waals surface area (Å²) in [5.41, 5.74) is 1.65. The average molecular weight is 446 g/mol. The van der Waals surface area contributed by atoms with Crippen molar-refractivity contribution in [2.45, 2.75) is 38.3 Å². The summed E-state index contributed by atoms with van der Waals surface area (Å²) in [6.07, 6.45) is 2.44. The lowest BCUT2D eigenvalue weighted by Gasteiger charge is -2.18. The highest BCUT2D eigenvalue weighted by molar-refractivity contribution is 7.24. The van der Waals surface area contributed by atoms with Crippen LogP contribution in [0.4, 0.5) is 0 Å². The highest BCUT2D eigenvalue weighted by atomic mass is 35.5. The standard InChI is InChI=1S/C21H20ClN3O2S2/c1-12-18(29-21(23-12)16-9-10-17(22)28-16)20(27)25-15(19(26)24-14-7-8-14)11-13-5-3-2-4-6-13/h2-6,9-10,14-15H,7-8,11H2,1H3,(H,24,26)(H,25,27). The summed E-state index contributed by atoms with van der Waals surface area (Å²) < 4.78 is 0.679. The SMILES string of the molecule is Cc1nc(-c2ccc(Cl)s2)sc1C(=O)NC(Cc1ccccc1)C(=O)NC1CC1. The Morgan fingerprint density at radius 3 is 2.59 bits per heavy atom. The normalized spacial score (nSPS) is 14.4. The van der Waals surface area contributed by atoms with Gasteiger partial charge in [0, 0.05) is 12.5 Å². The summed E-state index contributed by atoms with van der Waals surface area (Å²) in [7, 11) is 0. The number of thiazole rings is 1. The maximum Gasteiger partial charge on any atom is 0.263 e. The maximum atomic E-state index is 13.0. The highest BCUT2D eigenvalue weighted by Gasteiger charge is 2.29. The van der Waals surface area contributed by atoms with Gasteiger partial charge in [-0.3, -0.25) is 9.59 Å². The van der Waals surface area contributed by atoms with Gasteiger partial charge in [0.15, 0.2) is 0 Å². The van der Waals surface area contributed by atoms with E-state index >= 15 is 0 Å². The summed E-state index contributed by atoms with van der Waals surface area (Å²) in [5.74, 6) is -0.419. The molecule has 2 heterocycles. The second-order valence-corrected chi connectivity index (χ2v) is 9.75. The number of amides is 2. The van der Waals surface area contributed by atoms with Crippen LogP contribution in [0.25, 0.3) is 9.88 Å². The highest BCUT2D eigenvalue weighted by Crippen LogP contribution is 2.35.